The lowest BCUT2D eigenvalue weighted by molar-refractivity contribution is -0.118. The van der Waals surface area contributed by atoms with Crippen LogP contribution in [0.5, 0.6) is 11.5 Å². The normalized spacial score (nSPS) is 15.5. The van der Waals surface area contributed by atoms with Crippen LogP contribution < -0.4 is 0 Å². The Balaban J connectivity index is 2.49. The number of carbonyl (C=O) groups excluding carboxylic acids is 1. The van der Waals surface area contributed by atoms with Gasteiger partial charge in [-0.25, -0.2) is 0 Å². The number of fused-ring (bicyclic) bond motifs is 1. The molecule has 1 aliphatic rings. The first-order chi connectivity index (χ1) is 6.16. The summed E-state index contributed by atoms with van der Waals surface area (Å²) < 4.78 is 0. The van der Waals surface area contributed by atoms with Gasteiger partial charge in [0, 0.05) is 12.8 Å². The molecule has 0 aromatic heterocycles. The van der Waals surface area contributed by atoms with E-state index in [1.165, 1.54) is 12.1 Å². The summed E-state index contributed by atoms with van der Waals surface area (Å²) in [5.74, 6) is -0.0564. The third-order valence-corrected chi connectivity index (χ3v) is 2.36. The minimum absolute atomic E-state index is 0.104. The van der Waals surface area contributed by atoms with Crippen molar-refractivity contribution in [2.75, 3.05) is 0 Å². The second-order valence-corrected chi connectivity index (χ2v) is 3.33. The molecule has 0 bridgehead atoms. The number of aromatic hydroxyl groups is 2. The lowest BCUT2D eigenvalue weighted by Gasteiger charge is -2.15. The van der Waals surface area contributed by atoms with Crippen molar-refractivity contribution in [2.24, 2.45) is 0 Å². The van der Waals surface area contributed by atoms with Crippen molar-refractivity contribution < 1.29 is 15.0 Å². The smallest absolute Gasteiger partial charge is 0.157 e. The Kier molecular flexibility index (Phi) is 1.72. The molecule has 1 aromatic rings. The molecule has 68 valence electrons. The number of aryl methyl sites for hydroxylation is 1. The quantitative estimate of drug-likeness (QED) is 0.586. The molecule has 0 fully saturated rings. The SMILES string of the molecule is O=C1CCc2cc(O)c(O)cc2C1. The molecule has 0 saturated heterocycles. The van der Waals surface area contributed by atoms with E-state index in [1.54, 1.807) is 0 Å². The summed E-state index contributed by atoms with van der Waals surface area (Å²) in [5, 5.41) is 18.4. The number of rotatable bonds is 0. The molecule has 13 heavy (non-hydrogen) atoms. The summed E-state index contributed by atoms with van der Waals surface area (Å²) in [6.45, 7) is 0. The maximum Gasteiger partial charge on any atom is 0.157 e. The van der Waals surface area contributed by atoms with Gasteiger partial charge in [0.2, 0.25) is 0 Å². The van der Waals surface area contributed by atoms with Gasteiger partial charge in [0.05, 0.1) is 0 Å². The fourth-order valence-electron chi connectivity index (χ4n) is 1.64. The lowest BCUT2D eigenvalue weighted by atomic mass is 9.90. The second kappa shape index (κ2) is 2.76. The van der Waals surface area contributed by atoms with Crippen molar-refractivity contribution in [3.05, 3.63) is 23.3 Å². The van der Waals surface area contributed by atoms with E-state index in [2.05, 4.69) is 0 Å². The molecule has 0 amide bonds. The monoisotopic (exact) mass is 178 g/mol. The number of hydrogen-bond donors (Lipinski definition) is 2. The van der Waals surface area contributed by atoms with Crippen LogP contribution in [0, 0.1) is 0 Å². The van der Waals surface area contributed by atoms with Crippen LogP contribution in [0.4, 0.5) is 0 Å². The van der Waals surface area contributed by atoms with Crippen LogP contribution in [0.25, 0.3) is 0 Å². The lowest BCUT2D eigenvalue weighted by Crippen LogP contribution is -2.12. The third kappa shape index (κ3) is 1.37. The van der Waals surface area contributed by atoms with Gasteiger partial charge in [0.15, 0.2) is 11.5 Å². The van der Waals surface area contributed by atoms with Crippen LogP contribution in [0.15, 0.2) is 12.1 Å². The van der Waals surface area contributed by atoms with Gasteiger partial charge in [0.25, 0.3) is 0 Å². The highest BCUT2D eigenvalue weighted by Crippen LogP contribution is 2.31. The number of phenols is 2. The third-order valence-electron chi connectivity index (χ3n) is 2.36. The highest BCUT2D eigenvalue weighted by atomic mass is 16.3. The highest BCUT2D eigenvalue weighted by molar-refractivity contribution is 5.83. The van der Waals surface area contributed by atoms with Crippen molar-refractivity contribution in [1.29, 1.82) is 0 Å². The minimum atomic E-state index is -0.145. The Morgan fingerprint density at radius 2 is 1.62 bits per heavy atom. The molecule has 0 spiro atoms. The zero-order chi connectivity index (χ0) is 9.42. The Morgan fingerprint density at radius 3 is 2.31 bits per heavy atom. The van der Waals surface area contributed by atoms with E-state index in [0.717, 1.165) is 11.1 Å². The van der Waals surface area contributed by atoms with Crippen molar-refractivity contribution in [3.63, 3.8) is 0 Å². The number of benzene rings is 1. The van der Waals surface area contributed by atoms with Crippen molar-refractivity contribution >= 4 is 5.78 Å². The minimum Gasteiger partial charge on any atom is -0.504 e. The maximum absolute atomic E-state index is 11.1. The average Bonchev–Trinajstić information content (AvgIpc) is 2.08. The van der Waals surface area contributed by atoms with E-state index in [0.29, 0.717) is 19.3 Å². The van der Waals surface area contributed by atoms with E-state index in [1.807, 2.05) is 0 Å². The summed E-state index contributed by atoms with van der Waals surface area (Å²) in [7, 11) is 0. The van der Waals surface area contributed by atoms with Gasteiger partial charge in [-0.15, -0.1) is 0 Å². The summed E-state index contributed by atoms with van der Waals surface area (Å²) >= 11 is 0. The molecule has 0 heterocycles. The summed E-state index contributed by atoms with van der Waals surface area (Å²) in [6, 6.07) is 3.01. The fraction of sp³-hybridized carbons (Fsp3) is 0.300. The number of Topliss-reactive ketones (excluding diaryl/α,β-unsaturated/α-hetero) is 1. The molecule has 0 unspecified atom stereocenters. The molecule has 3 nitrogen and oxygen atoms in total. The maximum atomic E-state index is 11.1. The molecule has 1 aliphatic carbocycles. The molecule has 3 heteroatoms. The van der Waals surface area contributed by atoms with Gasteiger partial charge in [-0.1, -0.05) is 0 Å². The topological polar surface area (TPSA) is 57.5 Å². The van der Waals surface area contributed by atoms with Crippen molar-refractivity contribution in [1.82, 2.24) is 0 Å². The van der Waals surface area contributed by atoms with Crippen LogP contribution >= 0.6 is 0 Å². The van der Waals surface area contributed by atoms with Gasteiger partial charge in [-0.3, -0.25) is 4.79 Å². The number of phenolic OH excluding ortho intramolecular Hbond substituents is 2. The molecule has 1 aromatic carbocycles. The van der Waals surface area contributed by atoms with E-state index in [4.69, 9.17) is 0 Å². The van der Waals surface area contributed by atoms with Gasteiger partial charge in [0.1, 0.15) is 5.78 Å². The first-order valence-electron chi connectivity index (χ1n) is 4.22. The Labute approximate surface area is 75.6 Å². The fourth-order valence-corrected chi connectivity index (χ4v) is 1.64. The van der Waals surface area contributed by atoms with Crippen molar-refractivity contribution in [3.8, 4) is 11.5 Å². The first-order valence-corrected chi connectivity index (χ1v) is 4.22. The van der Waals surface area contributed by atoms with E-state index in [9.17, 15) is 15.0 Å². The number of ketones is 1. The Morgan fingerprint density at radius 1 is 1.00 bits per heavy atom. The standard InChI is InChI=1S/C10H10O3/c11-8-2-1-6-4-9(12)10(13)5-7(6)3-8/h4-5,12-13H,1-3H2. The number of carbonyl (C=O) groups is 1. The summed E-state index contributed by atoms with van der Waals surface area (Å²) in [5.41, 5.74) is 1.81. The van der Waals surface area contributed by atoms with Gasteiger partial charge < -0.3 is 10.2 Å². The van der Waals surface area contributed by atoms with E-state index < -0.39 is 0 Å². The average molecular weight is 178 g/mol. The van der Waals surface area contributed by atoms with Crippen LogP contribution in [-0.4, -0.2) is 16.0 Å². The van der Waals surface area contributed by atoms with Crippen LogP contribution in [0.1, 0.15) is 17.5 Å². The van der Waals surface area contributed by atoms with Gasteiger partial charge in [-0.05, 0) is 29.7 Å². The first kappa shape index (κ1) is 8.10. The molecular formula is C10H10O3. The molecule has 2 rings (SSSR count). The zero-order valence-corrected chi connectivity index (χ0v) is 7.08. The number of hydrogen-bond acceptors (Lipinski definition) is 3. The van der Waals surface area contributed by atoms with Crippen LogP contribution in [0.2, 0.25) is 0 Å². The molecule has 0 aliphatic heterocycles. The predicted octanol–water partition coefficient (Wildman–Crippen LogP) is 1.16. The summed E-state index contributed by atoms with van der Waals surface area (Å²) in [4.78, 5) is 11.1. The molecule has 2 N–H and O–H groups in total. The molecular weight excluding hydrogens is 168 g/mol. The van der Waals surface area contributed by atoms with E-state index in [-0.39, 0.29) is 17.3 Å². The summed E-state index contributed by atoms with van der Waals surface area (Å²) in [6.07, 6.45) is 1.59. The van der Waals surface area contributed by atoms with Gasteiger partial charge >= 0.3 is 0 Å². The molecule has 0 saturated carbocycles. The van der Waals surface area contributed by atoms with Crippen LogP contribution in [-0.2, 0) is 17.6 Å². The highest BCUT2D eigenvalue weighted by Gasteiger charge is 2.17. The Bertz CT molecular complexity index is 369. The predicted molar refractivity (Wildman–Crippen MR) is 46.8 cm³/mol. The van der Waals surface area contributed by atoms with E-state index >= 15 is 0 Å². The van der Waals surface area contributed by atoms with Gasteiger partial charge in [-0.2, -0.15) is 0 Å². The Hall–Kier alpha value is -1.51. The van der Waals surface area contributed by atoms with Crippen molar-refractivity contribution in [2.45, 2.75) is 19.3 Å². The molecule has 0 radical (unpaired) electrons. The van der Waals surface area contributed by atoms with Crippen LogP contribution in [0.3, 0.4) is 0 Å². The second-order valence-electron chi connectivity index (χ2n) is 3.33. The zero-order valence-electron chi connectivity index (χ0n) is 7.08. The molecule has 0 atom stereocenters. The largest absolute Gasteiger partial charge is 0.504 e.